The smallest absolute Gasteiger partial charge is 0.341 e. The summed E-state index contributed by atoms with van der Waals surface area (Å²) in [7, 11) is -4.24. The molecule has 1 aromatic rings. The molecule has 18 heavy (non-hydrogen) atoms. The van der Waals surface area contributed by atoms with Crippen molar-refractivity contribution in [1.82, 2.24) is 0 Å². The Morgan fingerprint density at radius 2 is 1.89 bits per heavy atom. The molecule has 0 saturated heterocycles. The van der Waals surface area contributed by atoms with Crippen molar-refractivity contribution in [2.75, 3.05) is 0 Å². The van der Waals surface area contributed by atoms with Gasteiger partial charge in [0.05, 0.1) is 16.6 Å². The van der Waals surface area contributed by atoms with Gasteiger partial charge in [0.15, 0.2) is 11.6 Å². The average molecular weight is 279 g/mol. The monoisotopic (exact) mass is 279 g/mol. The van der Waals surface area contributed by atoms with Crippen molar-refractivity contribution in [2.24, 2.45) is 5.14 Å². The second kappa shape index (κ2) is 4.99. The minimum Gasteiger partial charge on any atom is -0.459 e. The van der Waals surface area contributed by atoms with E-state index in [1.165, 1.54) is 13.8 Å². The van der Waals surface area contributed by atoms with Gasteiger partial charge in [0.25, 0.3) is 0 Å². The first-order valence-electron chi connectivity index (χ1n) is 4.85. The Kier molecular flexibility index (Phi) is 4.02. The first-order chi connectivity index (χ1) is 8.12. The van der Waals surface area contributed by atoms with Crippen LogP contribution in [0.5, 0.6) is 0 Å². The lowest BCUT2D eigenvalue weighted by molar-refractivity contribution is 0.0371. The SMILES string of the molecule is CC(C)OC(=O)c1cc(S(N)(=O)=O)cc(F)c1F. The highest BCUT2D eigenvalue weighted by atomic mass is 32.2. The van der Waals surface area contributed by atoms with E-state index in [4.69, 9.17) is 5.14 Å². The lowest BCUT2D eigenvalue weighted by Crippen LogP contribution is -2.17. The maximum absolute atomic E-state index is 13.4. The maximum Gasteiger partial charge on any atom is 0.341 e. The molecule has 0 saturated carbocycles. The number of hydrogen-bond donors (Lipinski definition) is 1. The number of sulfonamides is 1. The molecule has 0 spiro atoms. The summed E-state index contributed by atoms with van der Waals surface area (Å²) in [5.74, 6) is -4.13. The van der Waals surface area contributed by atoms with E-state index >= 15 is 0 Å². The highest BCUT2D eigenvalue weighted by molar-refractivity contribution is 7.89. The first-order valence-corrected chi connectivity index (χ1v) is 6.40. The Hall–Kier alpha value is -1.54. The third kappa shape index (κ3) is 3.23. The molecule has 0 radical (unpaired) electrons. The van der Waals surface area contributed by atoms with E-state index in [0.29, 0.717) is 12.1 Å². The number of benzene rings is 1. The van der Waals surface area contributed by atoms with Crippen molar-refractivity contribution in [3.05, 3.63) is 29.3 Å². The summed E-state index contributed by atoms with van der Waals surface area (Å²) in [5.41, 5.74) is -0.812. The summed E-state index contributed by atoms with van der Waals surface area (Å²) >= 11 is 0. The van der Waals surface area contributed by atoms with Crippen molar-refractivity contribution < 1.29 is 26.7 Å². The molecule has 0 amide bonds. The van der Waals surface area contributed by atoms with Gasteiger partial charge in [0.1, 0.15) is 0 Å². The third-order valence-electron chi connectivity index (χ3n) is 1.89. The Morgan fingerprint density at radius 1 is 1.33 bits per heavy atom. The van der Waals surface area contributed by atoms with E-state index in [1.54, 1.807) is 0 Å². The summed E-state index contributed by atoms with van der Waals surface area (Å²) in [4.78, 5) is 10.7. The maximum atomic E-state index is 13.4. The first kappa shape index (κ1) is 14.5. The zero-order chi connectivity index (χ0) is 14.1. The number of esters is 1. The second-order valence-electron chi connectivity index (χ2n) is 3.77. The number of carbonyl (C=O) groups is 1. The quantitative estimate of drug-likeness (QED) is 0.842. The van der Waals surface area contributed by atoms with Crippen LogP contribution < -0.4 is 5.14 Å². The second-order valence-corrected chi connectivity index (χ2v) is 5.33. The number of rotatable bonds is 3. The zero-order valence-electron chi connectivity index (χ0n) is 9.61. The molecule has 0 atom stereocenters. The van der Waals surface area contributed by atoms with Crippen molar-refractivity contribution in [1.29, 1.82) is 0 Å². The summed E-state index contributed by atoms with van der Waals surface area (Å²) in [5, 5.41) is 4.78. The van der Waals surface area contributed by atoms with Gasteiger partial charge in [-0.3, -0.25) is 0 Å². The van der Waals surface area contributed by atoms with Crippen LogP contribution >= 0.6 is 0 Å². The molecule has 0 aliphatic carbocycles. The van der Waals surface area contributed by atoms with Crippen molar-refractivity contribution in [3.63, 3.8) is 0 Å². The van der Waals surface area contributed by atoms with Crippen LogP contribution in [0.25, 0.3) is 0 Å². The minimum atomic E-state index is -4.24. The molecule has 2 N–H and O–H groups in total. The van der Waals surface area contributed by atoms with Crippen LogP contribution in [0.3, 0.4) is 0 Å². The topological polar surface area (TPSA) is 86.5 Å². The number of hydrogen-bond acceptors (Lipinski definition) is 4. The third-order valence-corrected chi connectivity index (χ3v) is 2.79. The number of primary sulfonamides is 1. The Bertz CT molecular complexity index is 584. The fraction of sp³-hybridized carbons (Fsp3) is 0.300. The van der Waals surface area contributed by atoms with E-state index in [0.717, 1.165) is 0 Å². The predicted octanol–water partition coefficient (Wildman–Crippen LogP) is 1.18. The molecule has 0 aliphatic rings. The average Bonchev–Trinajstić information content (AvgIpc) is 2.18. The van der Waals surface area contributed by atoms with Crippen LogP contribution in [0.2, 0.25) is 0 Å². The van der Waals surface area contributed by atoms with Crippen molar-refractivity contribution >= 4 is 16.0 Å². The van der Waals surface area contributed by atoms with Crippen LogP contribution in [0.1, 0.15) is 24.2 Å². The summed E-state index contributed by atoms with van der Waals surface area (Å²) in [6.07, 6.45) is -0.557. The highest BCUT2D eigenvalue weighted by Crippen LogP contribution is 2.19. The molecule has 1 aromatic carbocycles. The van der Waals surface area contributed by atoms with Gasteiger partial charge in [-0.1, -0.05) is 0 Å². The van der Waals surface area contributed by atoms with Gasteiger partial charge in [-0.15, -0.1) is 0 Å². The fourth-order valence-corrected chi connectivity index (χ4v) is 1.70. The predicted molar refractivity (Wildman–Crippen MR) is 58.3 cm³/mol. The van der Waals surface area contributed by atoms with Crippen molar-refractivity contribution in [3.8, 4) is 0 Å². The molecular weight excluding hydrogens is 268 g/mol. The van der Waals surface area contributed by atoms with Crippen LogP contribution in [0.4, 0.5) is 8.78 Å². The molecule has 0 aromatic heterocycles. The summed E-state index contributed by atoms with van der Waals surface area (Å²) in [6, 6.07) is 1.04. The van der Waals surface area contributed by atoms with Gasteiger partial charge in [0, 0.05) is 0 Å². The summed E-state index contributed by atoms with van der Waals surface area (Å²) < 4.78 is 53.2. The number of halogens is 2. The van der Waals surface area contributed by atoms with Gasteiger partial charge in [-0.25, -0.2) is 27.1 Å². The van der Waals surface area contributed by atoms with E-state index < -0.39 is 44.2 Å². The van der Waals surface area contributed by atoms with Gasteiger partial charge < -0.3 is 4.74 Å². The van der Waals surface area contributed by atoms with Crippen LogP contribution in [-0.2, 0) is 14.8 Å². The van der Waals surface area contributed by atoms with E-state index in [9.17, 15) is 22.0 Å². The number of ether oxygens (including phenoxy) is 1. The van der Waals surface area contributed by atoms with E-state index in [-0.39, 0.29) is 0 Å². The minimum absolute atomic E-state index is 0.400. The molecule has 0 heterocycles. The van der Waals surface area contributed by atoms with Crippen LogP contribution in [0.15, 0.2) is 17.0 Å². The van der Waals surface area contributed by atoms with Gasteiger partial charge in [-0.2, -0.15) is 0 Å². The Balaban J connectivity index is 3.36. The molecule has 1 rings (SSSR count). The molecular formula is C10H11F2NO4S. The van der Waals surface area contributed by atoms with Gasteiger partial charge in [-0.05, 0) is 26.0 Å². The van der Waals surface area contributed by atoms with Crippen molar-refractivity contribution in [2.45, 2.75) is 24.8 Å². The molecule has 0 bridgehead atoms. The molecule has 0 aliphatic heterocycles. The van der Waals surface area contributed by atoms with E-state index in [1.807, 2.05) is 0 Å². The molecule has 0 unspecified atom stereocenters. The molecule has 8 heteroatoms. The number of carbonyl (C=O) groups excluding carboxylic acids is 1. The zero-order valence-corrected chi connectivity index (χ0v) is 10.4. The standard InChI is InChI=1S/C10H11F2NO4S/c1-5(2)17-10(14)7-3-6(18(13,15)16)4-8(11)9(7)12/h3-5H,1-2H3,(H2,13,15,16). The van der Waals surface area contributed by atoms with Crippen LogP contribution in [0, 0.1) is 11.6 Å². The van der Waals surface area contributed by atoms with E-state index in [2.05, 4.69) is 4.74 Å². The summed E-state index contributed by atoms with van der Waals surface area (Å²) in [6.45, 7) is 3.02. The number of nitrogens with two attached hydrogens (primary N) is 1. The fourth-order valence-electron chi connectivity index (χ4n) is 1.15. The largest absolute Gasteiger partial charge is 0.459 e. The molecule has 0 fully saturated rings. The van der Waals surface area contributed by atoms with Crippen LogP contribution in [-0.4, -0.2) is 20.5 Å². The lowest BCUT2D eigenvalue weighted by atomic mass is 10.2. The Morgan fingerprint density at radius 3 is 2.33 bits per heavy atom. The lowest BCUT2D eigenvalue weighted by Gasteiger charge is -2.09. The normalized spacial score (nSPS) is 11.7. The van der Waals surface area contributed by atoms with Gasteiger partial charge >= 0.3 is 5.97 Å². The highest BCUT2D eigenvalue weighted by Gasteiger charge is 2.22. The molecule has 100 valence electrons. The Labute approximate surface area is 103 Å². The molecule has 5 nitrogen and oxygen atoms in total. The van der Waals surface area contributed by atoms with Gasteiger partial charge in [0.2, 0.25) is 10.0 Å².